The predicted molar refractivity (Wildman–Crippen MR) is 58.9 cm³/mol. The van der Waals surface area contributed by atoms with E-state index in [1.165, 1.54) is 6.07 Å². The summed E-state index contributed by atoms with van der Waals surface area (Å²) in [6.07, 6.45) is -3.84. The minimum Gasteiger partial charge on any atom is -0.391 e. The third kappa shape index (κ3) is 2.81. The van der Waals surface area contributed by atoms with E-state index in [0.717, 1.165) is 0 Å². The van der Waals surface area contributed by atoms with Crippen LogP contribution < -0.4 is 10.6 Å². The second-order valence-corrected chi connectivity index (χ2v) is 4.21. The van der Waals surface area contributed by atoms with Crippen molar-refractivity contribution >= 4 is 11.6 Å². The first-order valence-corrected chi connectivity index (χ1v) is 5.51. The van der Waals surface area contributed by atoms with Crippen LogP contribution in [0.25, 0.3) is 0 Å². The van der Waals surface area contributed by atoms with Gasteiger partial charge in [-0.15, -0.1) is 0 Å². The van der Waals surface area contributed by atoms with Gasteiger partial charge in [0.25, 0.3) is 0 Å². The number of piperidine rings is 1. The molecule has 0 spiro atoms. The molecule has 0 amide bonds. The molecule has 8 heteroatoms. The van der Waals surface area contributed by atoms with Crippen molar-refractivity contribution in [2.45, 2.75) is 25.1 Å². The van der Waals surface area contributed by atoms with E-state index in [4.69, 9.17) is 5.73 Å². The van der Waals surface area contributed by atoms with Crippen molar-refractivity contribution in [2.24, 2.45) is 0 Å². The van der Waals surface area contributed by atoms with Gasteiger partial charge in [0.1, 0.15) is 11.6 Å². The Kier molecular flexibility index (Phi) is 3.29. The molecule has 2 heterocycles. The Hall–Kier alpha value is -1.57. The molecule has 0 bridgehead atoms. The fourth-order valence-corrected chi connectivity index (χ4v) is 1.90. The highest BCUT2D eigenvalue weighted by Gasteiger charge is 2.36. The Labute approximate surface area is 101 Å². The summed E-state index contributed by atoms with van der Waals surface area (Å²) in [6, 6.07) is 1.28. The van der Waals surface area contributed by atoms with Gasteiger partial charge in [-0.25, -0.2) is 9.97 Å². The topological polar surface area (TPSA) is 75.3 Å². The van der Waals surface area contributed by atoms with E-state index in [-0.39, 0.29) is 18.2 Å². The third-order valence-corrected chi connectivity index (χ3v) is 2.71. The van der Waals surface area contributed by atoms with Gasteiger partial charge in [-0.3, -0.25) is 0 Å². The second kappa shape index (κ2) is 4.60. The first-order chi connectivity index (χ1) is 8.36. The number of aliphatic hydroxyl groups is 1. The molecule has 100 valence electrons. The van der Waals surface area contributed by atoms with Gasteiger partial charge < -0.3 is 15.7 Å². The Morgan fingerprint density at radius 3 is 2.72 bits per heavy atom. The Morgan fingerprint density at radius 1 is 1.39 bits per heavy atom. The predicted octanol–water partition coefficient (Wildman–Crippen LogP) is 1.04. The van der Waals surface area contributed by atoms with Crippen molar-refractivity contribution in [3.63, 3.8) is 0 Å². The standard InChI is InChI=1S/C10H13F3N4O/c11-10(12,13)9-15-7(14)4-8(16-9)17-3-1-2-6(18)5-17/h4,6,18H,1-3,5H2,(H2,14,15,16). The lowest BCUT2D eigenvalue weighted by Gasteiger charge is -2.31. The van der Waals surface area contributed by atoms with Crippen molar-refractivity contribution in [1.29, 1.82) is 0 Å². The van der Waals surface area contributed by atoms with Crippen LogP contribution in [0, 0.1) is 0 Å². The zero-order chi connectivity index (χ0) is 13.3. The van der Waals surface area contributed by atoms with Crippen LogP contribution in [-0.2, 0) is 6.18 Å². The molecule has 1 fully saturated rings. The van der Waals surface area contributed by atoms with E-state index < -0.39 is 18.1 Å². The maximum atomic E-state index is 12.5. The molecular formula is C10H13F3N4O. The van der Waals surface area contributed by atoms with Crippen molar-refractivity contribution in [1.82, 2.24) is 9.97 Å². The van der Waals surface area contributed by atoms with Crippen molar-refractivity contribution in [3.8, 4) is 0 Å². The lowest BCUT2D eigenvalue weighted by atomic mass is 10.1. The lowest BCUT2D eigenvalue weighted by Crippen LogP contribution is -2.39. The van der Waals surface area contributed by atoms with E-state index in [9.17, 15) is 18.3 Å². The molecule has 2 rings (SSSR count). The summed E-state index contributed by atoms with van der Waals surface area (Å²) in [5.41, 5.74) is 5.36. The summed E-state index contributed by atoms with van der Waals surface area (Å²) in [5, 5.41) is 9.50. The lowest BCUT2D eigenvalue weighted by molar-refractivity contribution is -0.144. The summed E-state index contributed by atoms with van der Waals surface area (Å²) >= 11 is 0. The van der Waals surface area contributed by atoms with Gasteiger partial charge in [0.2, 0.25) is 5.82 Å². The van der Waals surface area contributed by atoms with Gasteiger partial charge in [-0.2, -0.15) is 13.2 Å². The number of hydrogen-bond acceptors (Lipinski definition) is 5. The molecule has 0 aromatic carbocycles. The smallest absolute Gasteiger partial charge is 0.391 e. The number of β-amino-alcohol motifs (C(OH)–C–C–N with tert-alkyl or cyclic N) is 1. The van der Waals surface area contributed by atoms with Gasteiger partial charge in [0, 0.05) is 19.2 Å². The van der Waals surface area contributed by atoms with E-state index in [2.05, 4.69) is 9.97 Å². The highest BCUT2D eigenvalue weighted by Crippen LogP contribution is 2.29. The number of anilines is 2. The van der Waals surface area contributed by atoms with E-state index in [1.807, 2.05) is 0 Å². The number of rotatable bonds is 1. The monoisotopic (exact) mass is 262 g/mol. The van der Waals surface area contributed by atoms with Crippen LogP contribution >= 0.6 is 0 Å². The van der Waals surface area contributed by atoms with E-state index >= 15 is 0 Å². The van der Waals surface area contributed by atoms with Crippen molar-refractivity contribution in [2.75, 3.05) is 23.7 Å². The van der Waals surface area contributed by atoms with Gasteiger partial charge in [0.05, 0.1) is 6.10 Å². The molecule has 1 unspecified atom stereocenters. The van der Waals surface area contributed by atoms with E-state index in [0.29, 0.717) is 19.4 Å². The summed E-state index contributed by atoms with van der Waals surface area (Å²) in [5.74, 6) is -1.38. The maximum Gasteiger partial charge on any atom is 0.451 e. The highest BCUT2D eigenvalue weighted by atomic mass is 19.4. The summed E-state index contributed by atoms with van der Waals surface area (Å²) in [4.78, 5) is 8.22. The molecule has 3 N–H and O–H groups in total. The number of alkyl halides is 3. The minimum atomic E-state index is -4.63. The first-order valence-electron chi connectivity index (χ1n) is 5.51. The average Bonchev–Trinajstić information content (AvgIpc) is 2.27. The van der Waals surface area contributed by atoms with Crippen molar-refractivity contribution < 1.29 is 18.3 Å². The maximum absolute atomic E-state index is 12.5. The molecule has 1 aromatic rings. The molecule has 1 aliphatic heterocycles. The number of nitrogens with zero attached hydrogens (tertiary/aromatic N) is 3. The van der Waals surface area contributed by atoms with Crippen LogP contribution in [0.1, 0.15) is 18.7 Å². The van der Waals surface area contributed by atoms with E-state index in [1.54, 1.807) is 4.90 Å². The number of nitrogens with two attached hydrogens (primary N) is 1. The normalized spacial score (nSPS) is 21.1. The molecule has 1 aromatic heterocycles. The molecule has 5 nitrogen and oxygen atoms in total. The zero-order valence-electron chi connectivity index (χ0n) is 9.48. The van der Waals surface area contributed by atoms with Crippen LogP contribution in [0.3, 0.4) is 0 Å². The van der Waals surface area contributed by atoms with Gasteiger partial charge in [-0.1, -0.05) is 0 Å². The molecule has 0 saturated carbocycles. The van der Waals surface area contributed by atoms with Crippen LogP contribution in [0.2, 0.25) is 0 Å². The molecule has 1 aliphatic rings. The minimum absolute atomic E-state index is 0.105. The summed E-state index contributed by atoms with van der Waals surface area (Å²) in [6.45, 7) is 0.804. The Balaban J connectivity index is 2.30. The van der Waals surface area contributed by atoms with Gasteiger partial charge >= 0.3 is 6.18 Å². The fourth-order valence-electron chi connectivity index (χ4n) is 1.90. The van der Waals surface area contributed by atoms with Crippen LogP contribution in [-0.4, -0.2) is 34.3 Å². The zero-order valence-corrected chi connectivity index (χ0v) is 9.48. The molecule has 18 heavy (non-hydrogen) atoms. The van der Waals surface area contributed by atoms with Crippen LogP contribution in [0.5, 0.6) is 0 Å². The molecule has 0 aliphatic carbocycles. The van der Waals surface area contributed by atoms with Crippen LogP contribution in [0.15, 0.2) is 6.07 Å². The molecule has 0 radical (unpaired) electrons. The Morgan fingerprint density at radius 2 is 2.11 bits per heavy atom. The summed E-state index contributed by atoms with van der Waals surface area (Å²) < 4.78 is 37.6. The second-order valence-electron chi connectivity index (χ2n) is 4.21. The third-order valence-electron chi connectivity index (χ3n) is 2.71. The molecule has 1 saturated heterocycles. The average molecular weight is 262 g/mol. The largest absolute Gasteiger partial charge is 0.451 e. The number of aromatic nitrogens is 2. The van der Waals surface area contributed by atoms with Crippen LogP contribution in [0.4, 0.5) is 24.8 Å². The van der Waals surface area contributed by atoms with Gasteiger partial charge in [0.15, 0.2) is 0 Å². The first kappa shape index (κ1) is 12.9. The van der Waals surface area contributed by atoms with Crippen molar-refractivity contribution in [3.05, 3.63) is 11.9 Å². The highest BCUT2D eigenvalue weighted by molar-refractivity contribution is 5.47. The summed E-state index contributed by atoms with van der Waals surface area (Å²) in [7, 11) is 0. The molecular weight excluding hydrogens is 249 g/mol. The fraction of sp³-hybridized carbons (Fsp3) is 0.600. The number of aliphatic hydroxyl groups excluding tert-OH is 1. The Bertz CT molecular complexity index is 438. The number of nitrogen functional groups attached to an aromatic ring is 1. The quantitative estimate of drug-likeness (QED) is 0.791. The van der Waals surface area contributed by atoms with Gasteiger partial charge in [-0.05, 0) is 12.8 Å². The SMILES string of the molecule is Nc1cc(N2CCCC(O)C2)nc(C(F)(F)F)n1. The number of hydrogen-bond donors (Lipinski definition) is 2. The molecule has 1 atom stereocenters. The number of halogens is 3.